The molecule has 0 saturated heterocycles. The summed E-state index contributed by atoms with van der Waals surface area (Å²) < 4.78 is 1.16. The van der Waals surface area contributed by atoms with Crippen molar-refractivity contribution in [3.63, 3.8) is 0 Å². The van der Waals surface area contributed by atoms with E-state index in [0.29, 0.717) is 6.54 Å². The van der Waals surface area contributed by atoms with Crippen molar-refractivity contribution in [3.05, 3.63) is 62.9 Å². The van der Waals surface area contributed by atoms with Gasteiger partial charge in [-0.25, -0.2) is 4.79 Å². The summed E-state index contributed by atoms with van der Waals surface area (Å²) >= 11 is 1.65. The van der Waals surface area contributed by atoms with Gasteiger partial charge in [0.15, 0.2) is 0 Å². The summed E-state index contributed by atoms with van der Waals surface area (Å²) in [7, 11) is 0. The first kappa shape index (κ1) is 16.1. The minimum atomic E-state index is -0.586. The molecular weight excluding hydrogens is 302 g/mol. The molecule has 0 aliphatic heterocycles. The van der Waals surface area contributed by atoms with Crippen molar-refractivity contribution < 1.29 is 4.79 Å². The highest BCUT2D eigenvalue weighted by Crippen LogP contribution is 2.17. The second-order valence-corrected chi connectivity index (χ2v) is 5.92. The van der Waals surface area contributed by atoms with Gasteiger partial charge in [0.1, 0.15) is 6.54 Å². The third kappa shape index (κ3) is 4.92. The number of hydrogen-bond acceptors (Lipinski definition) is 4. The number of H-pyrrole nitrogens is 1. The van der Waals surface area contributed by atoms with E-state index in [9.17, 15) is 14.4 Å². The lowest BCUT2D eigenvalue weighted by Gasteiger charge is -2.07. The van der Waals surface area contributed by atoms with Crippen LogP contribution in [-0.2, 0) is 11.3 Å². The molecule has 7 heteroatoms. The van der Waals surface area contributed by atoms with E-state index in [0.717, 1.165) is 15.2 Å². The third-order valence-corrected chi connectivity index (χ3v) is 3.94. The fraction of sp³-hybridized carbons (Fsp3) is 0.267. The number of aryl methyl sites for hydroxylation is 1. The molecule has 1 heterocycles. The van der Waals surface area contributed by atoms with Crippen molar-refractivity contribution in [2.75, 3.05) is 12.3 Å². The number of amides is 1. The predicted octanol–water partition coefficient (Wildman–Crippen LogP) is 0.754. The molecule has 0 unspecified atom stereocenters. The van der Waals surface area contributed by atoms with Gasteiger partial charge in [-0.15, -0.1) is 11.8 Å². The van der Waals surface area contributed by atoms with E-state index in [1.165, 1.54) is 17.8 Å². The van der Waals surface area contributed by atoms with Crippen LogP contribution < -0.4 is 16.6 Å². The predicted molar refractivity (Wildman–Crippen MR) is 86.2 cm³/mol. The van der Waals surface area contributed by atoms with Gasteiger partial charge in [0.25, 0.3) is 5.56 Å². The number of carbonyl (C=O) groups is 1. The lowest BCUT2D eigenvalue weighted by atomic mass is 10.2. The molecule has 0 atom stereocenters. The van der Waals surface area contributed by atoms with Gasteiger partial charge in [0, 0.05) is 29.5 Å². The third-order valence-electron chi connectivity index (χ3n) is 2.92. The molecule has 0 fully saturated rings. The molecule has 22 heavy (non-hydrogen) atoms. The molecule has 116 valence electrons. The van der Waals surface area contributed by atoms with Gasteiger partial charge in [0.2, 0.25) is 5.91 Å². The van der Waals surface area contributed by atoms with Gasteiger partial charge in [-0.3, -0.25) is 19.1 Å². The summed E-state index contributed by atoms with van der Waals surface area (Å²) in [5.41, 5.74) is 0.150. The summed E-state index contributed by atoms with van der Waals surface area (Å²) in [5.74, 6) is 0.480. The maximum Gasteiger partial charge on any atom is 0.328 e. The first-order chi connectivity index (χ1) is 10.5. The Morgan fingerprint density at radius 1 is 1.23 bits per heavy atom. The zero-order chi connectivity index (χ0) is 15.9. The van der Waals surface area contributed by atoms with Crippen LogP contribution in [0.1, 0.15) is 5.56 Å². The van der Waals surface area contributed by atoms with Crippen LogP contribution in [-0.4, -0.2) is 27.8 Å². The van der Waals surface area contributed by atoms with Crippen LogP contribution >= 0.6 is 11.8 Å². The monoisotopic (exact) mass is 319 g/mol. The van der Waals surface area contributed by atoms with Gasteiger partial charge >= 0.3 is 5.69 Å². The molecule has 0 radical (unpaired) electrons. The fourth-order valence-electron chi connectivity index (χ4n) is 1.77. The Hall–Kier alpha value is -2.28. The van der Waals surface area contributed by atoms with E-state index in [4.69, 9.17) is 0 Å². The van der Waals surface area contributed by atoms with Gasteiger partial charge in [-0.1, -0.05) is 17.7 Å². The second-order valence-electron chi connectivity index (χ2n) is 4.75. The Labute approximate surface area is 131 Å². The fourth-order valence-corrected chi connectivity index (χ4v) is 2.54. The molecule has 1 aromatic heterocycles. The maximum absolute atomic E-state index is 11.7. The van der Waals surface area contributed by atoms with Crippen LogP contribution in [0.15, 0.2) is 51.0 Å². The van der Waals surface area contributed by atoms with Crippen molar-refractivity contribution in [1.82, 2.24) is 14.9 Å². The normalized spacial score (nSPS) is 10.4. The Bertz CT molecular complexity index is 750. The molecule has 2 N–H and O–H groups in total. The standard InChI is InChI=1S/C15H17N3O3S/c1-11-2-4-12(5-3-11)22-9-7-16-14(20)10-18-8-6-13(19)17-15(18)21/h2-6,8H,7,9-10H2,1H3,(H,16,20)(H,17,19,21). The summed E-state index contributed by atoms with van der Waals surface area (Å²) in [6.45, 7) is 2.44. The largest absolute Gasteiger partial charge is 0.354 e. The molecular formula is C15H17N3O3S. The van der Waals surface area contributed by atoms with Crippen LogP contribution in [0.3, 0.4) is 0 Å². The number of rotatable bonds is 6. The number of nitrogens with zero attached hydrogens (tertiary/aromatic N) is 1. The van der Waals surface area contributed by atoms with E-state index < -0.39 is 11.2 Å². The number of benzene rings is 1. The quantitative estimate of drug-likeness (QED) is 0.608. The van der Waals surface area contributed by atoms with E-state index >= 15 is 0 Å². The maximum atomic E-state index is 11.7. The smallest absolute Gasteiger partial charge is 0.328 e. The van der Waals surface area contributed by atoms with Gasteiger partial charge in [0.05, 0.1) is 0 Å². The number of hydrogen-bond donors (Lipinski definition) is 2. The first-order valence-corrected chi connectivity index (χ1v) is 7.79. The minimum Gasteiger partial charge on any atom is -0.354 e. The van der Waals surface area contributed by atoms with E-state index in [2.05, 4.69) is 10.3 Å². The van der Waals surface area contributed by atoms with Gasteiger partial charge in [-0.05, 0) is 19.1 Å². The molecule has 0 saturated carbocycles. The molecule has 0 bridgehead atoms. The average Bonchev–Trinajstić information content (AvgIpc) is 2.48. The highest BCUT2D eigenvalue weighted by molar-refractivity contribution is 7.99. The molecule has 2 rings (SSSR count). The zero-order valence-corrected chi connectivity index (χ0v) is 13.0. The molecule has 1 aromatic carbocycles. The van der Waals surface area contributed by atoms with E-state index in [-0.39, 0.29) is 12.5 Å². The van der Waals surface area contributed by atoms with Crippen molar-refractivity contribution >= 4 is 17.7 Å². The van der Waals surface area contributed by atoms with Crippen LogP contribution in [0.5, 0.6) is 0 Å². The summed E-state index contributed by atoms with van der Waals surface area (Å²) in [6.07, 6.45) is 1.31. The number of thioether (sulfide) groups is 1. The number of carbonyl (C=O) groups excluding carboxylic acids is 1. The van der Waals surface area contributed by atoms with Crippen LogP contribution in [0.2, 0.25) is 0 Å². The second kappa shape index (κ2) is 7.65. The van der Waals surface area contributed by atoms with Crippen molar-refractivity contribution in [2.24, 2.45) is 0 Å². The Morgan fingerprint density at radius 3 is 2.64 bits per heavy atom. The molecule has 1 amide bonds. The van der Waals surface area contributed by atoms with Crippen molar-refractivity contribution in [3.8, 4) is 0 Å². The van der Waals surface area contributed by atoms with Crippen LogP contribution in [0, 0.1) is 6.92 Å². The molecule has 0 spiro atoms. The topological polar surface area (TPSA) is 84.0 Å². The van der Waals surface area contributed by atoms with Gasteiger partial charge < -0.3 is 5.32 Å². The lowest BCUT2D eigenvalue weighted by molar-refractivity contribution is -0.121. The molecule has 0 aliphatic carbocycles. The van der Waals surface area contributed by atoms with Gasteiger partial charge in [-0.2, -0.15) is 0 Å². The highest BCUT2D eigenvalue weighted by Gasteiger charge is 2.04. The SMILES string of the molecule is Cc1ccc(SCCNC(=O)Cn2ccc(=O)[nH]c2=O)cc1. The Kier molecular flexibility index (Phi) is 5.60. The average molecular weight is 319 g/mol. The number of aromatic nitrogens is 2. The molecule has 0 aliphatic rings. The number of nitrogens with one attached hydrogen (secondary N) is 2. The summed E-state index contributed by atoms with van der Waals surface area (Å²) in [5, 5.41) is 2.74. The first-order valence-electron chi connectivity index (χ1n) is 6.80. The number of aromatic amines is 1. The Morgan fingerprint density at radius 2 is 1.95 bits per heavy atom. The zero-order valence-electron chi connectivity index (χ0n) is 12.2. The summed E-state index contributed by atoms with van der Waals surface area (Å²) in [4.78, 5) is 37.4. The summed E-state index contributed by atoms with van der Waals surface area (Å²) in [6, 6.07) is 9.39. The van der Waals surface area contributed by atoms with Crippen molar-refractivity contribution in [2.45, 2.75) is 18.4 Å². The molecule has 2 aromatic rings. The van der Waals surface area contributed by atoms with Crippen molar-refractivity contribution in [1.29, 1.82) is 0 Å². The van der Waals surface area contributed by atoms with E-state index in [1.807, 2.05) is 31.2 Å². The van der Waals surface area contributed by atoms with Crippen LogP contribution in [0.4, 0.5) is 0 Å². The highest BCUT2D eigenvalue weighted by atomic mass is 32.2. The lowest BCUT2D eigenvalue weighted by Crippen LogP contribution is -2.36. The minimum absolute atomic E-state index is 0.106. The molecule has 6 nitrogen and oxygen atoms in total. The van der Waals surface area contributed by atoms with E-state index in [1.54, 1.807) is 11.8 Å². The Balaban J connectivity index is 1.75. The van der Waals surface area contributed by atoms with Crippen LogP contribution in [0.25, 0.3) is 0 Å².